The van der Waals surface area contributed by atoms with Crippen LogP contribution in [0.4, 0.5) is 0 Å². The molecule has 0 aliphatic heterocycles. The first-order valence-electron chi connectivity index (χ1n) is 6.37. The lowest BCUT2D eigenvalue weighted by molar-refractivity contribution is 0.0952. The zero-order chi connectivity index (χ0) is 14.5. The van der Waals surface area contributed by atoms with Crippen LogP contribution in [0.25, 0.3) is 0 Å². The highest BCUT2D eigenvalue weighted by atomic mass is 16.3. The van der Waals surface area contributed by atoms with Crippen molar-refractivity contribution in [2.45, 2.75) is 19.9 Å². The molecule has 2 rings (SSSR count). The normalized spacial score (nSPS) is 11.2. The number of hydrogen-bond donors (Lipinski definition) is 2. The van der Waals surface area contributed by atoms with E-state index in [2.05, 4.69) is 24.4 Å². The number of hydrogen-bond acceptors (Lipinski definition) is 3. The number of aromatic hydroxyl groups is 1. The molecular weight excluding hydrogens is 254 g/mol. The zero-order valence-corrected chi connectivity index (χ0v) is 11.4. The van der Waals surface area contributed by atoms with Crippen LogP contribution >= 0.6 is 0 Å². The van der Waals surface area contributed by atoms with Crippen molar-refractivity contribution in [1.82, 2.24) is 9.99 Å². The Kier molecular flexibility index (Phi) is 4.20. The van der Waals surface area contributed by atoms with Crippen molar-refractivity contribution in [3.05, 3.63) is 53.9 Å². The van der Waals surface area contributed by atoms with Gasteiger partial charge in [0.05, 0.1) is 11.8 Å². The molecule has 1 aromatic heterocycles. The van der Waals surface area contributed by atoms with Crippen LogP contribution in [0.15, 0.2) is 47.8 Å². The molecule has 2 N–H and O–H groups in total. The standard InChI is InChI=1S/C15H17N3O2/c1-11(2)18-8-7-12(10-18)9-16-17-15(20)13-5-3-4-6-14(13)19/h3-11,19H,1-2H3,(H,17,20)/b16-9+. The third kappa shape index (κ3) is 3.26. The van der Waals surface area contributed by atoms with Gasteiger partial charge in [0, 0.05) is 24.0 Å². The Morgan fingerprint density at radius 3 is 2.75 bits per heavy atom. The lowest BCUT2D eigenvalue weighted by Gasteiger charge is -2.04. The molecular formula is C15H17N3O2. The summed E-state index contributed by atoms with van der Waals surface area (Å²) in [5.74, 6) is -0.506. The summed E-state index contributed by atoms with van der Waals surface area (Å²) in [6.07, 6.45) is 5.47. The van der Waals surface area contributed by atoms with Crippen LogP contribution in [-0.2, 0) is 0 Å². The van der Waals surface area contributed by atoms with Crippen LogP contribution < -0.4 is 5.43 Å². The molecule has 0 aliphatic rings. The van der Waals surface area contributed by atoms with Gasteiger partial charge >= 0.3 is 0 Å². The second kappa shape index (κ2) is 6.06. The molecule has 0 fully saturated rings. The van der Waals surface area contributed by atoms with E-state index < -0.39 is 5.91 Å². The van der Waals surface area contributed by atoms with E-state index in [9.17, 15) is 9.90 Å². The molecule has 2 aromatic rings. The van der Waals surface area contributed by atoms with Gasteiger partial charge in [0.2, 0.25) is 0 Å². The van der Waals surface area contributed by atoms with Gasteiger partial charge in [-0.2, -0.15) is 5.10 Å². The van der Waals surface area contributed by atoms with Crippen LogP contribution in [0.3, 0.4) is 0 Å². The van der Waals surface area contributed by atoms with Gasteiger partial charge in [0.25, 0.3) is 5.91 Å². The van der Waals surface area contributed by atoms with Gasteiger partial charge in [0.1, 0.15) is 5.75 Å². The number of hydrazone groups is 1. The van der Waals surface area contributed by atoms with Gasteiger partial charge in [-0.3, -0.25) is 4.79 Å². The Balaban J connectivity index is 1.99. The molecule has 0 spiro atoms. The van der Waals surface area contributed by atoms with Crippen molar-refractivity contribution in [1.29, 1.82) is 0 Å². The minimum absolute atomic E-state index is 0.0637. The van der Waals surface area contributed by atoms with Crippen molar-refractivity contribution in [3.8, 4) is 5.75 Å². The van der Waals surface area contributed by atoms with Crippen molar-refractivity contribution in [3.63, 3.8) is 0 Å². The van der Waals surface area contributed by atoms with E-state index in [1.54, 1.807) is 18.3 Å². The van der Waals surface area contributed by atoms with Crippen LogP contribution in [0, 0.1) is 0 Å². The number of rotatable bonds is 4. The van der Waals surface area contributed by atoms with Gasteiger partial charge in [-0.25, -0.2) is 5.43 Å². The quantitative estimate of drug-likeness (QED) is 0.663. The number of nitrogens with one attached hydrogen (secondary N) is 1. The first-order chi connectivity index (χ1) is 9.58. The molecule has 0 aliphatic carbocycles. The number of carbonyl (C=O) groups excluding carboxylic acids is 1. The molecule has 104 valence electrons. The molecule has 0 unspecified atom stereocenters. The van der Waals surface area contributed by atoms with Crippen molar-refractivity contribution in [2.24, 2.45) is 5.10 Å². The Morgan fingerprint density at radius 1 is 1.35 bits per heavy atom. The maximum atomic E-state index is 11.8. The minimum atomic E-state index is -0.442. The third-order valence-corrected chi connectivity index (χ3v) is 2.86. The average Bonchev–Trinajstić information content (AvgIpc) is 2.88. The molecule has 0 bridgehead atoms. The Labute approximate surface area is 117 Å². The Hall–Kier alpha value is -2.56. The van der Waals surface area contributed by atoms with E-state index >= 15 is 0 Å². The summed E-state index contributed by atoms with van der Waals surface area (Å²) >= 11 is 0. The lowest BCUT2D eigenvalue weighted by Crippen LogP contribution is -2.17. The number of benzene rings is 1. The molecule has 0 saturated heterocycles. The topological polar surface area (TPSA) is 66.6 Å². The SMILES string of the molecule is CC(C)n1ccc(/C=N/NC(=O)c2ccccc2O)c1. The van der Waals surface area contributed by atoms with Gasteiger partial charge in [-0.1, -0.05) is 12.1 Å². The van der Waals surface area contributed by atoms with Crippen LogP contribution in [0.2, 0.25) is 0 Å². The number of phenols is 1. The smallest absolute Gasteiger partial charge is 0.275 e. The average molecular weight is 271 g/mol. The van der Waals surface area contributed by atoms with E-state index in [1.165, 1.54) is 12.1 Å². The molecule has 1 amide bonds. The summed E-state index contributed by atoms with van der Waals surface area (Å²) in [4.78, 5) is 11.8. The summed E-state index contributed by atoms with van der Waals surface area (Å²) in [5.41, 5.74) is 3.49. The molecule has 0 saturated carbocycles. The van der Waals surface area contributed by atoms with Crippen LogP contribution in [-0.4, -0.2) is 21.8 Å². The van der Waals surface area contributed by atoms with Crippen LogP contribution in [0.1, 0.15) is 35.8 Å². The van der Waals surface area contributed by atoms with E-state index in [0.29, 0.717) is 6.04 Å². The fraction of sp³-hybridized carbons (Fsp3) is 0.200. The number of phenolic OH excluding ortho intramolecular Hbond substituents is 1. The summed E-state index contributed by atoms with van der Waals surface area (Å²) in [6, 6.07) is 8.63. The largest absolute Gasteiger partial charge is 0.507 e. The van der Waals surface area contributed by atoms with E-state index in [1.807, 2.05) is 23.0 Å². The fourth-order valence-electron chi connectivity index (χ4n) is 1.72. The van der Waals surface area contributed by atoms with E-state index in [-0.39, 0.29) is 11.3 Å². The van der Waals surface area contributed by atoms with E-state index in [0.717, 1.165) is 5.56 Å². The summed E-state index contributed by atoms with van der Waals surface area (Å²) in [6.45, 7) is 4.17. The fourth-order valence-corrected chi connectivity index (χ4v) is 1.72. The van der Waals surface area contributed by atoms with Gasteiger partial charge < -0.3 is 9.67 Å². The van der Waals surface area contributed by atoms with E-state index in [4.69, 9.17) is 0 Å². The molecule has 5 heteroatoms. The molecule has 5 nitrogen and oxygen atoms in total. The molecule has 20 heavy (non-hydrogen) atoms. The number of amides is 1. The second-order valence-electron chi connectivity index (χ2n) is 4.70. The molecule has 0 atom stereocenters. The highest BCUT2D eigenvalue weighted by Gasteiger charge is 2.08. The second-order valence-corrected chi connectivity index (χ2v) is 4.70. The first-order valence-corrected chi connectivity index (χ1v) is 6.37. The van der Waals surface area contributed by atoms with Gasteiger partial charge in [-0.05, 0) is 32.0 Å². The van der Waals surface area contributed by atoms with Gasteiger partial charge in [-0.15, -0.1) is 0 Å². The summed E-state index contributed by atoms with van der Waals surface area (Å²) < 4.78 is 2.05. The van der Waals surface area contributed by atoms with Crippen molar-refractivity contribution < 1.29 is 9.90 Å². The third-order valence-electron chi connectivity index (χ3n) is 2.86. The Bertz CT molecular complexity index is 630. The minimum Gasteiger partial charge on any atom is -0.507 e. The summed E-state index contributed by atoms with van der Waals surface area (Å²) in [5, 5.41) is 13.4. The number of para-hydroxylation sites is 1. The van der Waals surface area contributed by atoms with Gasteiger partial charge in [0.15, 0.2) is 0 Å². The lowest BCUT2D eigenvalue weighted by atomic mass is 10.2. The predicted molar refractivity (Wildman–Crippen MR) is 78.0 cm³/mol. The maximum absolute atomic E-state index is 11.8. The number of carbonyl (C=O) groups is 1. The van der Waals surface area contributed by atoms with Crippen LogP contribution in [0.5, 0.6) is 5.75 Å². The monoisotopic (exact) mass is 271 g/mol. The molecule has 1 aromatic carbocycles. The zero-order valence-electron chi connectivity index (χ0n) is 11.4. The highest BCUT2D eigenvalue weighted by molar-refractivity contribution is 5.97. The summed E-state index contributed by atoms with van der Waals surface area (Å²) in [7, 11) is 0. The highest BCUT2D eigenvalue weighted by Crippen LogP contribution is 2.14. The molecule has 1 heterocycles. The first kappa shape index (κ1) is 13.9. The number of aromatic nitrogens is 1. The van der Waals surface area contributed by atoms with Crippen molar-refractivity contribution >= 4 is 12.1 Å². The predicted octanol–water partition coefficient (Wildman–Crippen LogP) is 2.54. The van der Waals surface area contributed by atoms with Crippen molar-refractivity contribution in [2.75, 3.05) is 0 Å². The number of nitrogens with zero attached hydrogens (tertiary/aromatic N) is 2. The molecule has 0 radical (unpaired) electrons. The maximum Gasteiger partial charge on any atom is 0.275 e. The Morgan fingerprint density at radius 2 is 2.10 bits per heavy atom.